The van der Waals surface area contributed by atoms with Crippen molar-refractivity contribution in [2.75, 3.05) is 23.3 Å². The number of benzene rings is 2. The SMILES string of the molecule is O=C(Nc1ccccc1F)c1ccc(N2CCNC2=O)cc1. The first-order chi connectivity index (χ1) is 10.6. The summed E-state index contributed by atoms with van der Waals surface area (Å²) >= 11 is 0. The molecule has 1 heterocycles. The smallest absolute Gasteiger partial charge is 0.321 e. The number of nitrogens with one attached hydrogen (secondary N) is 2. The predicted octanol–water partition coefficient (Wildman–Crippen LogP) is 2.61. The lowest BCUT2D eigenvalue weighted by atomic mass is 10.1. The van der Waals surface area contributed by atoms with Gasteiger partial charge in [0, 0.05) is 24.3 Å². The van der Waals surface area contributed by atoms with Crippen LogP contribution in [0.4, 0.5) is 20.6 Å². The predicted molar refractivity (Wildman–Crippen MR) is 81.5 cm³/mol. The van der Waals surface area contributed by atoms with Crippen molar-refractivity contribution in [3.63, 3.8) is 0 Å². The van der Waals surface area contributed by atoms with Gasteiger partial charge in [0.05, 0.1) is 5.69 Å². The van der Waals surface area contributed by atoms with Crippen LogP contribution in [0.5, 0.6) is 0 Å². The zero-order valence-electron chi connectivity index (χ0n) is 11.7. The fourth-order valence-electron chi connectivity index (χ4n) is 2.27. The monoisotopic (exact) mass is 299 g/mol. The highest BCUT2D eigenvalue weighted by atomic mass is 19.1. The largest absolute Gasteiger partial charge is 0.336 e. The first kappa shape index (κ1) is 14.1. The summed E-state index contributed by atoms with van der Waals surface area (Å²) in [5.74, 6) is -0.885. The number of carbonyl (C=O) groups is 2. The summed E-state index contributed by atoms with van der Waals surface area (Å²) in [6.07, 6.45) is 0. The van der Waals surface area contributed by atoms with Crippen LogP contribution in [0.1, 0.15) is 10.4 Å². The van der Waals surface area contributed by atoms with Crippen molar-refractivity contribution in [3.8, 4) is 0 Å². The van der Waals surface area contributed by atoms with Gasteiger partial charge >= 0.3 is 6.03 Å². The Balaban J connectivity index is 1.74. The van der Waals surface area contributed by atoms with E-state index in [1.807, 2.05) is 0 Å². The van der Waals surface area contributed by atoms with E-state index in [1.54, 1.807) is 41.3 Å². The second kappa shape index (κ2) is 5.85. The van der Waals surface area contributed by atoms with Crippen LogP contribution >= 0.6 is 0 Å². The van der Waals surface area contributed by atoms with Crippen LogP contribution in [0.25, 0.3) is 0 Å². The van der Waals surface area contributed by atoms with Crippen molar-refractivity contribution in [2.45, 2.75) is 0 Å². The number of amides is 3. The fourth-order valence-corrected chi connectivity index (χ4v) is 2.27. The molecule has 2 aromatic rings. The van der Waals surface area contributed by atoms with Gasteiger partial charge in [-0.1, -0.05) is 12.1 Å². The topological polar surface area (TPSA) is 61.4 Å². The van der Waals surface area contributed by atoms with E-state index in [0.29, 0.717) is 18.7 Å². The first-order valence-electron chi connectivity index (χ1n) is 6.86. The van der Waals surface area contributed by atoms with Crippen molar-refractivity contribution < 1.29 is 14.0 Å². The minimum absolute atomic E-state index is 0.135. The molecule has 3 amide bonds. The minimum Gasteiger partial charge on any atom is -0.336 e. The summed E-state index contributed by atoms with van der Waals surface area (Å²) in [7, 11) is 0. The molecule has 22 heavy (non-hydrogen) atoms. The fraction of sp³-hybridized carbons (Fsp3) is 0.125. The Labute approximate surface area is 126 Å². The van der Waals surface area contributed by atoms with E-state index in [9.17, 15) is 14.0 Å². The minimum atomic E-state index is -0.485. The lowest BCUT2D eigenvalue weighted by Crippen LogP contribution is -2.27. The van der Waals surface area contributed by atoms with Crippen molar-refractivity contribution in [2.24, 2.45) is 0 Å². The zero-order valence-corrected chi connectivity index (χ0v) is 11.7. The van der Waals surface area contributed by atoms with Crippen LogP contribution in [0.2, 0.25) is 0 Å². The number of nitrogens with zero attached hydrogens (tertiary/aromatic N) is 1. The Bertz CT molecular complexity index is 716. The summed E-state index contributed by atoms with van der Waals surface area (Å²) in [5, 5.41) is 5.23. The number of urea groups is 1. The molecule has 0 unspecified atom stereocenters. The number of hydrogen-bond acceptors (Lipinski definition) is 2. The number of para-hydroxylation sites is 1. The third kappa shape index (κ3) is 2.76. The van der Waals surface area contributed by atoms with E-state index < -0.39 is 11.7 Å². The average Bonchev–Trinajstić information content (AvgIpc) is 2.96. The molecule has 3 rings (SSSR count). The van der Waals surface area contributed by atoms with E-state index in [-0.39, 0.29) is 11.7 Å². The van der Waals surface area contributed by atoms with Gasteiger partial charge in [-0.2, -0.15) is 0 Å². The van der Waals surface area contributed by atoms with E-state index in [0.717, 1.165) is 5.69 Å². The molecule has 6 heteroatoms. The number of carbonyl (C=O) groups excluding carboxylic acids is 2. The van der Waals surface area contributed by atoms with E-state index in [4.69, 9.17) is 0 Å². The number of rotatable bonds is 3. The molecule has 0 bridgehead atoms. The highest BCUT2D eigenvalue weighted by Gasteiger charge is 2.21. The number of hydrogen-bond donors (Lipinski definition) is 2. The maximum Gasteiger partial charge on any atom is 0.321 e. The Hall–Kier alpha value is -2.89. The molecule has 0 aromatic heterocycles. The van der Waals surface area contributed by atoms with Crippen LogP contribution in [0, 0.1) is 5.82 Å². The van der Waals surface area contributed by atoms with Gasteiger partial charge in [0.1, 0.15) is 5.82 Å². The Morgan fingerprint density at radius 1 is 1.14 bits per heavy atom. The molecule has 0 saturated carbocycles. The van der Waals surface area contributed by atoms with Gasteiger partial charge in [-0.25, -0.2) is 9.18 Å². The molecule has 0 spiro atoms. The summed E-state index contributed by atoms with van der Waals surface area (Å²) < 4.78 is 13.5. The summed E-state index contributed by atoms with van der Waals surface area (Å²) in [5.41, 5.74) is 1.25. The van der Waals surface area contributed by atoms with Gasteiger partial charge in [0.2, 0.25) is 0 Å². The summed E-state index contributed by atoms with van der Waals surface area (Å²) in [6.45, 7) is 1.20. The highest BCUT2D eigenvalue weighted by Crippen LogP contribution is 2.19. The van der Waals surface area contributed by atoms with E-state index in [2.05, 4.69) is 10.6 Å². The highest BCUT2D eigenvalue weighted by molar-refractivity contribution is 6.04. The molecule has 1 fully saturated rings. The Morgan fingerprint density at radius 2 is 1.86 bits per heavy atom. The molecule has 5 nitrogen and oxygen atoms in total. The zero-order chi connectivity index (χ0) is 15.5. The molecule has 2 N–H and O–H groups in total. The lowest BCUT2D eigenvalue weighted by molar-refractivity contribution is 0.102. The van der Waals surface area contributed by atoms with Gasteiger partial charge in [0.15, 0.2) is 0 Å². The molecule has 2 aromatic carbocycles. The van der Waals surface area contributed by atoms with Crippen molar-refractivity contribution >= 4 is 23.3 Å². The van der Waals surface area contributed by atoms with E-state index >= 15 is 0 Å². The molecule has 0 atom stereocenters. The quantitative estimate of drug-likeness (QED) is 0.915. The molecule has 1 saturated heterocycles. The molecule has 0 aliphatic carbocycles. The molecular formula is C16H14FN3O2. The number of halogens is 1. The lowest BCUT2D eigenvalue weighted by Gasteiger charge is -2.14. The molecular weight excluding hydrogens is 285 g/mol. The van der Waals surface area contributed by atoms with Crippen LogP contribution in [-0.4, -0.2) is 25.0 Å². The second-order valence-corrected chi connectivity index (χ2v) is 4.86. The normalized spacial score (nSPS) is 13.9. The van der Waals surface area contributed by atoms with Gasteiger partial charge < -0.3 is 10.6 Å². The molecule has 1 aliphatic rings. The third-order valence-corrected chi connectivity index (χ3v) is 3.42. The van der Waals surface area contributed by atoms with Gasteiger partial charge in [-0.3, -0.25) is 9.69 Å². The Kier molecular flexibility index (Phi) is 3.74. The summed E-state index contributed by atoms with van der Waals surface area (Å²) in [4.78, 5) is 25.3. The van der Waals surface area contributed by atoms with Crippen molar-refractivity contribution in [1.82, 2.24) is 5.32 Å². The molecule has 0 radical (unpaired) electrons. The van der Waals surface area contributed by atoms with Crippen LogP contribution in [0.3, 0.4) is 0 Å². The van der Waals surface area contributed by atoms with Crippen molar-refractivity contribution in [3.05, 3.63) is 59.9 Å². The summed E-state index contributed by atoms with van der Waals surface area (Å²) in [6, 6.07) is 12.4. The maximum atomic E-state index is 13.5. The molecule has 112 valence electrons. The van der Waals surface area contributed by atoms with E-state index in [1.165, 1.54) is 12.1 Å². The Morgan fingerprint density at radius 3 is 2.50 bits per heavy atom. The van der Waals surface area contributed by atoms with Crippen LogP contribution < -0.4 is 15.5 Å². The van der Waals surface area contributed by atoms with Crippen LogP contribution in [0.15, 0.2) is 48.5 Å². The van der Waals surface area contributed by atoms with Gasteiger partial charge in [-0.15, -0.1) is 0 Å². The standard InChI is InChI=1S/C16H14FN3O2/c17-13-3-1-2-4-14(13)19-15(21)11-5-7-12(8-6-11)20-10-9-18-16(20)22/h1-8H,9-10H2,(H,18,22)(H,19,21). The van der Waals surface area contributed by atoms with Gasteiger partial charge in [-0.05, 0) is 36.4 Å². The van der Waals surface area contributed by atoms with Gasteiger partial charge in [0.25, 0.3) is 5.91 Å². The average molecular weight is 299 g/mol. The number of anilines is 2. The van der Waals surface area contributed by atoms with Crippen molar-refractivity contribution in [1.29, 1.82) is 0 Å². The second-order valence-electron chi connectivity index (χ2n) is 4.86. The third-order valence-electron chi connectivity index (χ3n) is 3.42. The molecule has 1 aliphatic heterocycles. The van der Waals surface area contributed by atoms with Crippen LogP contribution in [-0.2, 0) is 0 Å². The first-order valence-corrected chi connectivity index (χ1v) is 6.86. The maximum absolute atomic E-state index is 13.5.